The van der Waals surface area contributed by atoms with Gasteiger partial charge in [0.05, 0.1) is 0 Å². The van der Waals surface area contributed by atoms with Gasteiger partial charge < -0.3 is 5.32 Å². The van der Waals surface area contributed by atoms with Crippen LogP contribution in [0.3, 0.4) is 0 Å². The molecule has 88 valence electrons. The smallest absolute Gasteiger partial charge is 0.00978 e. The largest absolute Gasteiger partial charge is 0.317 e. The van der Waals surface area contributed by atoms with E-state index in [1.165, 1.54) is 51.4 Å². The molecule has 0 radical (unpaired) electrons. The summed E-state index contributed by atoms with van der Waals surface area (Å²) in [5, 5.41) is 3.57. The van der Waals surface area contributed by atoms with E-state index < -0.39 is 0 Å². The van der Waals surface area contributed by atoms with Gasteiger partial charge in [0.15, 0.2) is 0 Å². The van der Waals surface area contributed by atoms with Crippen LogP contribution < -0.4 is 5.32 Å². The molecule has 0 bridgehead atoms. The zero-order valence-electron chi connectivity index (χ0n) is 10.5. The Kier molecular flexibility index (Phi) is 4.07. The topological polar surface area (TPSA) is 12.0 Å². The van der Waals surface area contributed by atoms with Gasteiger partial charge in [-0.05, 0) is 44.1 Å². The molecule has 2 aliphatic carbocycles. The molecule has 2 rings (SSSR count). The van der Waals surface area contributed by atoms with Crippen molar-refractivity contribution in [2.24, 2.45) is 17.8 Å². The van der Waals surface area contributed by atoms with Crippen molar-refractivity contribution in [1.29, 1.82) is 0 Å². The van der Waals surface area contributed by atoms with Gasteiger partial charge in [-0.25, -0.2) is 0 Å². The summed E-state index contributed by atoms with van der Waals surface area (Å²) in [6, 6.07) is 0.845. The molecule has 2 aliphatic rings. The Morgan fingerprint density at radius 2 is 1.87 bits per heavy atom. The quantitative estimate of drug-likeness (QED) is 0.632. The predicted octanol–water partition coefficient (Wildman–Crippen LogP) is 3.59. The van der Waals surface area contributed by atoms with Crippen LogP contribution in [0.2, 0.25) is 0 Å². The van der Waals surface area contributed by atoms with Crippen LogP contribution in [0.1, 0.15) is 58.3 Å². The fourth-order valence-electron chi connectivity index (χ4n) is 3.79. The summed E-state index contributed by atoms with van der Waals surface area (Å²) in [6.45, 7) is 2.29. The first-order valence-electron chi connectivity index (χ1n) is 7.05. The van der Waals surface area contributed by atoms with Crippen LogP contribution in [-0.4, -0.2) is 13.1 Å². The summed E-state index contributed by atoms with van der Waals surface area (Å²) < 4.78 is 0. The van der Waals surface area contributed by atoms with Crippen molar-refractivity contribution >= 4 is 0 Å². The Hall–Kier alpha value is -0.0400. The lowest BCUT2D eigenvalue weighted by atomic mass is 9.98. The Labute approximate surface area is 95.0 Å². The first kappa shape index (κ1) is 11.4. The second-order valence-electron chi connectivity index (χ2n) is 5.58. The molecule has 0 aromatic rings. The van der Waals surface area contributed by atoms with E-state index in [1.54, 1.807) is 0 Å². The molecule has 0 aliphatic heterocycles. The van der Waals surface area contributed by atoms with Crippen LogP contribution in [0.4, 0.5) is 0 Å². The lowest BCUT2D eigenvalue weighted by Gasteiger charge is -2.18. The highest BCUT2D eigenvalue weighted by atomic mass is 14.9. The third kappa shape index (κ3) is 2.55. The van der Waals surface area contributed by atoms with E-state index in [4.69, 9.17) is 0 Å². The van der Waals surface area contributed by atoms with Gasteiger partial charge in [-0.1, -0.05) is 39.0 Å². The van der Waals surface area contributed by atoms with E-state index >= 15 is 0 Å². The maximum Gasteiger partial charge on any atom is 0.00978 e. The summed E-state index contributed by atoms with van der Waals surface area (Å²) in [4.78, 5) is 0. The predicted molar refractivity (Wildman–Crippen MR) is 65.9 cm³/mol. The molecule has 15 heavy (non-hydrogen) atoms. The minimum Gasteiger partial charge on any atom is -0.317 e. The minimum absolute atomic E-state index is 0.845. The number of hydrogen-bond acceptors (Lipinski definition) is 1. The molecular formula is C14H27N. The van der Waals surface area contributed by atoms with Crippen molar-refractivity contribution in [1.82, 2.24) is 5.32 Å². The lowest BCUT2D eigenvalue weighted by Crippen LogP contribution is -2.29. The van der Waals surface area contributed by atoms with Crippen LogP contribution in [0.5, 0.6) is 0 Å². The van der Waals surface area contributed by atoms with Gasteiger partial charge in [0.1, 0.15) is 0 Å². The van der Waals surface area contributed by atoms with Crippen molar-refractivity contribution in [3.05, 3.63) is 0 Å². The minimum atomic E-state index is 0.845. The van der Waals surface area contributed by atoms with Crippen LogP contribution in [0, 0.1) is 17.8 Å². The lowest BCUT2D eigenvalue weighted by molar-refractivity contribution is 0.394. The van der Waals surface area contributed by atoms with E-state index in [9.17, 15) is 0 Å². The molecule has 1 N–H and O–H groups in total. The van der Waals surface area contributed by atoms with Gasteiger partial charge >= 0.3 is 0 Å². The molecule has 1 heteroatoms. The van der Waals surface area contributed by atoms with Gasteiger partial charge in [-0.2, -0.15) is 0 Å². The molecule has 0 saturated heterocycles. The van der Waals surface area contributed by atoms with Gasteiger partial charge in [-0.3, -0.25) is 0 Å². The van der Waals surface area contributed by atoms with Crippen molar-refractivity contribution in [3.8, 4) is 0 Å². The number of fused-ring (bicyclic) bond motifs is 1. The van der Waals surface area contributed by atoms with Gasteiger partial charge in [0.25, 0.3) is 0 Å². The molecule has 0 amide bonds. The molecule has 3 unspecified atom stereocenters. The Balaban J connectivity index is 1.65. The van der Waals surface area contributed by atoms with Gasteiger partial charge in [-0.15, -0.1) is 0 Å². The molecule has 2 saturated carbocycles. The molecule has 3 atom stereocenters. The summed E-state index contributed by atoms with van der Waals surface area (Å²) in [7, 11) is 2.17. The summed E-state index contributed by atoms with van der Waals surface area (Å²) in [5.74, 6) is 3.30. The molecule has 1 nitrogen and oxygen atoms in total. The van der Waals surface area contributed by atoms with Crippen molar-refractivity contribution in [2.75, 3.05) is 7.05 Å². The zero-order valence-corrected chi connectivity index (χ0v) is 10.5. The Morgan fingerprint density at radius 3 is 2.47 bits per heavy atom. The van der Waals surface area contributed by atoms with Gasteiger partial charge in [0.2, 0.25) is 0 Å². The third-order valence-corrected chi connectivity index (χ3v) is 4.68. The van der Waals surface area contributed by atoms with E-state index in [0.717, 1.165) is 23.8 Å². The van der Waals surface area contributed by atoms with Gasteiger partial charge in [0, 0.05) is 6.04 Å². The monoisotopic (exact) mass is 209 g/mol. The number of nitrogens with one attached hydrogen (secondary N) is 1. The Morgan fingerprint density at radius 1 is 1.13 bits per heavy atom. The van der Waals surface area contributed by atoms with Crippen molar-refractivity contribution < 1.29 is 0 Å². The molecule has 0 spiro atoms. The molecule has 0 aromatic carbocycles. The fraction of sp³-hybridized carbons (Fsp3) is 1.00. The normalized spacial score (nSPS) is 35.2. The molecule has 2 fully saturated rings. The fourth-order valence-corrected chi connectivity index (χ4v) is 3.79. The number of rotatable bonds is 7. The highest BCUT2D eigenvalue weighted by Crippen LogP contribution is 2.59. The van der Waals surface area contributed by atoms with E-state index in [1.807, 2.05) is 0 Å². The van der Waals surface area contributed by atoms with E-state index in [0.29, 0.717) is 0 Å². The summed E-state index contributed by atoms with van der Waals surface area (Å²) in [5.41, 5.74) is 0. The van der Waals surface area contributed by atoms with Crippen LogP contribution >= 0.6 is 0 Å². The molecule has 0 aromatic heterocycles. The average Bonchev–Trinajstić information content (AvgIpc) is 2.74. The van der Waals surface area contributed by atoms with Crippen molar-refractivity contribution in [3.63, 3.8) is 0 Å². The number of unbranched alkanes of at least 4 members (excludes halogenated alkanes) is 3. The molecule has 0 heterocycles. The zero-order chi connectivity index (χ0) is 10.7. The second kappa shape index (κ2) is 5.34. The SMILES string of the molecule is CCCCCCC(NC)C1C2CCCC21. The number of hydrogen-bond donors (Lipinski definition) is 1. The van der Waals surface area contributed by atoms with E-state index in [-0.39, 0.29) is 0 Å². The average molecular weight is 209 g/mol. The van der Waals surface area contributed by atoms with E-state index in [2.05, 4.69) is 19.3 Å². The Bertz CT molecular complexity index is 180. The first-order chi connectivity index (χ1) is 7.38. The first-order valence-corrected chi connectivity index (χ1v) is 7.05. The summed E-state index contributed by atoms with van der Waals surface area (Å²) in [6.07, 6.45) is 11.7. The second-order valence-corrected chi connectivity index (χ2v) is 5.58. The summed E-state index contributed by atoms with van der Waals surface area (Å²) >= 11 is 0. The third-order valence-electron chi connectivity index (χ3n) is 4.68. The maximum absolute atomic E-state index is 3.57. The maximum atomic E-state index is 3.57. The van der Waals surface area contributed by atoms with Crippen LogP contribution in [0.15, 0.2) is 0 Å². The molecular weight excluding hydrogens is 182 g/mol. The highest BCUT2D eigenvalue weighted by molar-refractivity contribution is 5.05. The standard InChI is InChI=1S/C14H27N/c1-3-4-5-6-10-13(15-2)14-11-8-7-9-12(11)14/h11-15H,3-10H2,1-2H3. The van der Waals surface area contributed by atoms with Crippen LogP contribution in [0.25, 0.3) is 0 Å². The highest BCUT2D eigenvalue weighted by Gasteiger charge is 2.54. The van der Waals surface area contributed by atoms with Crippen LogP contribution in [-0.2, 0) is 0 Å². The van der Waals surface area contributed by atoms with Crippen molar-refractivity contribution in [2.45, 2.75) is 64.3 Å².